The maximum Gasteiger partial charge on any atom is 0.321 e. The average Bonchev–Trinajstić information content (AvgIpc) is 2.69. The molecule has 1 N–H and O–H groups in total. The SMILES string of the molecule is CN(Cc1ccc(F)cc1)C(=O)Nc1cccc(CSc2ccccn2)c1. The number of halogens is 1. The van der Waals surface area contributed by atoms with Gasteiger partial charge in [-0.1, -0.05) is 30.3 Å². The molecular formula is C21H20FN3OS. The van der Waals surface area contributed by atoms with E-state index in [-0.39, 0.29) is 11.8 Å². The van der Waals surface area contributed by atoms with Crippen LogP contribution < -0.4 is 5.32 Å². The molecule has 4 nitrogen and oxygen atoms in total. The normalized spacial score (nSPS) is 10.4. The van der Waals surface area contributed by atoms with Crippen LogP contribution in [0.1, 0.15) is 11.1 Å². The zero-order chi connectivity index (χ0) is 19.1. The zero-order valence-corrected chi connectivity index (χ0v) is 15.7. The lowest BCUT2D eigenvalue weighted by Crippen LogP contribution is -2.30. The summed E-state index contributed by atoms with van der Waals surface area (Å²) in [6.45, 7) is 0.404. The van der Waals surface area contributed by atoms with E-state index in [9.17, 15) is 9.18 Å². The number of pyridine rings is 1. The summed E-state index contributed by atoms with van der Waals surface area (Å²) in [4.78, 5) is 18.3. The van der Waals surface area contributed by atoms with Crippen molar-refractivity contribution in [2.24, 2.45) is 0 Å². The second kappa shape index (κ2) is 9.19. The molecule has 2 amide bonds. The molecule has 0 atom stereocenters. The Bertz CT molecular complexity index is 887. The molecular weight excluding hydrogens is 361 g/mol. The number of benzene rings is 2. The molecule has 3 aromatic rings. The van der Waals surface area contributed by atoms with Crippen molar-refractivity contribution < 1.29 is 9.18 Å². The van der Waals surface area contributed by atoms with E-state index in [0.717, 1.165) is 27.6 Å². The fourth-order valence-corrected chi connectivity index (χ4v) is 3.29. The van der Waals surface area contributed by atoms with Crippen LogP contribution in [0.5, 0.6) is 0 Å². The molecule has 27 heavy (non-hydrogen) atoms. The number of urea groups is 1. The van der Waals surface area contributed by atoms with Crippen molar-refractivity contribution in [3.8, 4) is 0 Å². The van der Waals surface area contributed by atoms with Crippen molar-refractivity contribution in [1.29, 1.82) is 0 Å². The van der Waals surface area contributed by atoms with Gasteiger partial charge in [0.2, 0.25) is 0 Å². The second-order valence-corrected chi connectivity index (χ2v) is 7.07. The monoisotopic (exact) mass is 381 g/mol. The van der Waals surface area contributed by atoms with Crippen LogP contribution in [0.4, 0.5) is 14.9 Å². The first-order valence-electron chi connectivity index (χ1n) is 8.49. The maximum absolute atomic E-state index is 13.0. The minimum absolute atomic E-state index is 0.214. The van der Waals surface area contributed by atoms with Gasteiger partial charge >= 0.3 is 6.03 Å². The van der Waals surface area contributed by atoms with Gasteiger partial charge in [0.15, 0.2) is 0 Å². The number of nitrogens with zero attached hydrogens (tertiary/aromatic N) is 2. The summed E-state index contributed by atoms with van der Waals surface area (Å²) in [5.74, 6) is 0.484. The summed E-state index contributed by atoms with van der Waals surface area (Å²) in [7, 11) is 1.71. The van der Waals surface area contributed by atoms with Gasteiger partial charge in [-0.2, -0.15) is 0 Å². The number of nitrogens with one attached hydrogen (secondary N) is 1. The van der Waals surface area contributed by atoms with E-state index in [1.54, 1.807) is 42.0 Å². The zero-order valence-electron chi connectivity index (χ0n) is 14.9. The number of thioether (sulfide) groups is 1. The van der Waals surface area contributed by atoms with Crippen LogP contribution in [0.2, 0.25) is 0 Å². The lowest BCUT2D eigenvalue weighted by atomic mass is 10.2. The Balaban J connectivity index is 1.56. The number of hydrogen-bond acceptors (Lipinski definition) is 3. The van der Waals surface area contributed by atoms with Crippen molar-refractivity contribution >= 4 is 23.5 Å². The van der Waals surface area contributed by atoms with Crippen molar-refractivity contribution in [2.75, 3.05) is 12.4 Å². The van der Waals surface area contributed by atoms with Crippen molar-refractivity contribution in [2.45, 2.75) is 17.3 Å². The van der Waals surface area contributed by atoms with Crippen LogP contribution in [0.3, 0.4) is 0 Å². The van der Waals surface area contributed by atoms with E-state index in [0.29, 0.717) is 6.54 Å². The van der Waals surface area contributed by atoms with Crippen LogP contribution in [-0.4, -0.2) is 23.0 Å². The highest BCUT2D eigenvalue weighted by Gasteiger charge is 2.10. The molecule has 3 rings (SSSR count). The van der Waals surface area contributed by atoms with Gasteiger partial charge in [-0.15, -0.1) is 11.8 Å². The summed E-state index contributed by atoms with van der Waals surface area (Å²) in [6.07, 6.45) is 1.77. The first-order chi connectivity index (χ1) is 13.1. The topological polar surface area (TPSA) is 45.2 Å². The third kappa shape index (κ3) is 5.82. The lowest BCUT2D eigenvalue weighted by Gasteiger charge is -2.18. The molecule has 1 aromatic heterocycles. The van der Waals surface area contributed by atoms with Gasteiger partial charge in [0.05, 0.1) is 5.03 Å². The Hall–Kier alpha value is -2.86. The molecule has 0 aliphatic carbocycles. The molecule has 1 heterocycles. The van der Waals surface area contributed by atoms with E-state index < -0.39 is 0 Å². The Kier molecular flexibility index (Phi) is 6.44. The van der Waals surface area contributed by atoms with E-state index in [1.165, 1.54) is 12.1 Å². The van der Waals surface area contributed by atoms with Gasteiger partial charge in [-0.3, -0.25) is 0 Å². The molecule has 2 aromatic carbocycles. The molecule has 138 valence electrons. The number of rotatable bonds is 6. The number of amides is 2. The molecule has 0 aliphatic rings. The fraction of sp³-hybridized carbons (Fsp3) is 0.143. The molecule has 0 fully saturated rings. The summed E-state index contributed by atoms with van der Waals surface area (Å²) in [5, 5.41) is 3.86. The highest BCUT2D eigenvalue weighted by Crippen LogP contribution is 2.22. The van der Waals surface area contributed by atoms with Gasteiger partial charge in [-0.05, 0) is 47.5 Å². The number of carbonyl (C=O) groups excluding carboxylic acids is 1. The number of carbonyl (C=O) groups is 1. The van der Waals surface area contributed by atoms with E-state index in [2.05, 4.69) is 10.3 Å². The molecule has 0 unspecified atom stereocenters. The van der Waals surface area contributed by atoms with E-state index >= 15 is 0 Å². The molecule has 0 saturated carbocycles. The summed E-state index contributed by atoms with van der Waals surface area (Å²) < 4.78 is 13.0. The van der Waals surface area contributed by atoms with Gasteiger partial charge in [0.25, 0.3) is 0 Å². The van der Waals surface area contributed by atoms with Gasteiger partial charge in [0.1, 0.15) is 5.82 Å². The highest BCUT2D eigenvalue weighted by atomic mass is 32.2. The first kappa shape index (κ1) is 18.9. The van der Waals surface area contributed by atoms with E-state index in [4.69, 9.17) is 0 Å². The fourth-order valence-electron chi connectivity index (χ4n) is 2.48. The van der Waals surface area contributed by atoms with Gasteiger partial charge in [0, 0.05) is 31.2 Å². The molecule has 0 spiro atoms. The molecule has 0 aliphatic heterocycles. The minimum Gasteiger partial charge on any atom is -0.323 e. The number of hydrogen-bond donors (Lipinski definition) is 1. The number of aromatic nitrogens is 1. The summed E-state index contributed by atoms with van der Waals surface area (Å²) >= 11 is 1.65. The second-order valence-electron chi connectivity index (χ2n) is 6.07. The average molecular weight is 381 g/mol. The first-order valence-corrected chi connectivity index (χ1v) is 9.48. The highest BCUT2D eigenvalue weighted by molar-refractivity contribution is 7.98. The largest absolute Gasteiger partial charge is 0.323 e. The molecule has 0 radical (unpaired) electrons. The van der Waals surface area contributed by atoms with Gasteiger partial charge in [-0.25, -0.2) is 14.2 Å². The van der Waals surface area contributed by atoms with Crippen LogP contribution in [-0.2, 0) is 12.3 Å². The smallest absolute Gasteiger partial charge is 0.321 e. The maximum atomic E-state index is 13.0. The van der Waals surface area contributed by atoms with Gasteiger partial charge < -0.3 is 10.2 Å². The Morgan fingerprint density at radius 2 is 1.89 bits per heavy atom. The Labute approximate surface area is 162 Å². The van der Waals surface area contributed by atoms with Crippen LogP contribution in [0.15, 0.2) is 78.0 Å². The van der Waals surface area contributed by atoms with Crippen LogP contribution >= 0.6 is 11.8 Å². The van der Waals surface area contributed by atoms with Crippen molar-refractivity contribution in [3.63, 3.8) is 0 Å². The molecule has 0 bridgehead atoms. The van der Waals surface area contributed by atoms with Crippen LogP contribution in [0, 0.1) is 5.82 Å². The van der Waals surface area contributed by atoms with Crippen molar-refractivity contribution in [1.82, 2.24) is 9.88 Å². The molecule has 0 saturated heterocycles. The van der Waals surface area contributed by atoms with Crippen LogP contribution in [0.25, 0.3) is 0 Å². The molecule has 6 heteroatoms. The standard InChI is InChI=1S/C21H20FN3OS/c1-25(14-16-8-10-18(22)11-9-16)21(26)24-19-6-4-5-17(13-19)15-27-20-7-2-3-12-23-20/h2-13H,14-15H2,1H3,(H,24,26). The Morgan fingerprint density at radius 3 is 2.63 bits per heavy atom. The summed E-state index contributed by atoms with van der Waals surface area (Å²) in [6, 6.07) is 19.5. The quantitative estimate of drug-likeness (QED) is 0.599. The Morgan fingerprint density at radius 1 is 1.07 bits per heavy atom. The van der Waals surface area contributed by atoms with E-state index in [1.807, 2.05) is 42.5 Å². The predicted molar refractivity (Wildman–Crippen MR) is 107 cm³/mol. The summed E-state index contributed by atoms with van der Waals surface area (Å²) in [5.41, 5.74) is 2.71. The third-order valence-corrected chi connectivity index (χ3v) is 4.90. The van der Waals surface area contributed by atoms with Crippen molar-refractivity contribution in [3.05, 3.63) is 89.9 Å². The minimum atomic E-state index is -0.286. The third-order valence-electron chi connectivity index (χ3n) is 3.88. The lowest BCUT2D eigenvalue weighted by molar-refractivity contribution is 0.220. The predicted octanol–water partition coefficient (Wildman–Crippen LogP) is 5.18. The number of anilines is 1.